The SMILES string of the molecule is O=C(CCOCC(F)(F)F)Cc1c(F)cccc1F. The van der Waals surface area contributed by atoms with Crippen molar-refractivity contribution in [3.8, 4) is 0 Å². The Bertz CT molecular complexity index is 422. The second-order valence-electron chi connectivity index (χ2n) is 3.83. The summed E-state index contributed by atoms with van der Waals surface area (Å²) in [6, 6.07) is 3.17. The number of rotatable bonds is 6. The van der Waals surface area contributed by atoms with Crippen LogP contribution in [0.25, 0.3) is 0 Å². The third kappa shape index (κ3) is 5.78. The van der Waals surface area contributed by atoms with Crippen molar-refractivity contribution in [2.45, 2.75) is 19.0 Å². The molecule has 0 heterocycles. The molecule has 19 heavy (non-hydrogen) atoms. The van der Waals surface area contributed by atoms with Gasteiger partial charge in [0.25, 0.3) is 0 Å². The van der Waals surface area contributed by atoms with Crippen LogP contribution in [0.1, 0.15) is 12.0 Å². The second-order valence-corrected chi connectivity index (χ2v) is 3.83. The van der Waals surface area contributed by atoms with E-state index >= 15 is 0 Å². The molecule has 0 unspecified atom stereocenters. The molecule has 0 aliphatic heterocycles. The number of Topliss-reactive ketones (excluding diaryl/α,β-unsaturated/α-hetero) is 1. The van der Waals surface area contributed by atoms with E-state index in [1.54, 1.807) is 0 Å². The maximum atomic E-state index is 13.2. The number of halogens is 5. The van der Waals surface area contributed by atoms with Crippen molar-refractivity contribution >= 4 is 5.78 Å². The first kappa shape index (κ1) is 15.6. The Kier molecular flexibility index (Phi) is 5.41. The first-order chi connectivity index (χ1) is 8.79. The van der Waals surface area contributed by atoms with Crippen molar-refractivity contribution in [2.24, 2.45) is 0 Å². The van der Waals surface area contributed by atoms with Gasteiger partial charge < -0.3 is 4.74 Å². The summed E-state index contributed by atoms with van der Waals surface area (Å²) >= 11 is 0. The van der Waals surface area contributed by atoms with E-state index in [0.29, 0.717) is 0 Å². The van der Waals surface area contributed by atoms with Crippen molar-refractivity contribution in [3.63, 3.8) is 0 Å². The molecule has 0 atom stereocenters. The number of hydrogen-bond donors (Lipinski definition) is 0. The molecule has 0 bridgehead atoms. The Morgan fingerprint density at radius 2 is 1.74 bits per heavy atom. The Morgan fingerprint density at radius 1 is 1.16 bits per heavy atom. The highest BCUT2D eigenvalue weighted by Gasteiger charge is 2.27. The largest absolute Gasteiger partial charge is 0.411 e. The van der Waals surface area contributed by atoms with E-state index in [0.717, 1.165) is 18.2 Å². The summed E-state index contributed by atoms with van der Waals surface area (Å²) in [5.74, 6) is -2.31. The van der Waals surface area contributed by atoms with E-state index in [2.05, 4.69) is 4.74 Å². The minimum Gasteiger partial charge on any atom is -0.372 e. The normalized spacial score (nSPS) is 11.6. The first-order valence-corrected chi connectivity index (χ1v) is 5.38. The van der Waals surface area contributed by atoms with Crippen molar-refractivity contribution in [1.29, 1.82) is 0 Å². The Hall–Kier alpha value is -1.50. The van der Waals surface area contributed by atoms with Gasteiger partial charge in [0, 0.05) is 18.4 Å². The van der Waals surface area contributed by atoms with Gasteiger partial charge >= 0.3 is 6.18 Å². The lowest BCUT2D eigenvalue weighted by atomic mass is 10.1. The van der Waals surface area contributed by atoms with Crippen LogP contribution in [0.5, 0.6) is 0 Å². The molecular formula is C12H11F5O2. The van der Waals surface area contributed by atoms with Gasteiger partial charge in [-0.1, -0.05) is 6.07 Å². The molecule has 0 fully saturated rings. The fourth-order valence-electron chi connectivity index (χ4n) is 1.36. The molecule has 0 aliphatic carbocycles. The molecule has 0 aliphatic rings. The molecule has 0 N–H and O–H groups in total. The minimum atomic E-state index is -4.46. The fraction of sp³-hybridized carbons (Fsp3) is 0.417. The van der Waals surface area contributed by atoms with E-state index in [9.17, 15) is 26.7 Å². The van der Waals surface area contributed by atoms with E-state index < -0.39 is 43.2 Å². The monoisotopic (exact) mass is 282 g/mol. The van der Waals surface area contributed by atoms with E-state index in [-0.39, 0.29) is 12.0 Å². The fourth-order valence-corrected chi connectivity index (χ4v) is 1.36. The van der Waals surface area contributed by atoms with Crippen LogP contribution in [-0.2, 0) is 16.0 Å². The number of benzene rings is 1. The molecule has 106 valence electrons. The quantitative estimate of drug-likeness (QED) is 0.592. The van der Waals surface area contributed by atoms with Gasteiger partial charge in [-0.2, -0.15) is 13.2 Å². The van der Waals surface area contributed by atoms with Gasteiger partial charge in [0.1, 0.15) is 24.0 Å². The number of alkyl halides is 3. The molecule has 0 saturated carbocycles. The average Bonchev–Trinajstić information content (AvgIpc) is 2.28. The van der Waals surface area contributed by atoms with Crippen LogP contribution in [0.3, 0.4) is 0 Å². The second kappa shape index (κ2) is 6.60. The molecule has 0 spiro atoms. The number of ketones is 1. The van der Waals surface area contributed by atoms with Crippen LogP contribution in [0, 0.1) is 11.6 Å². The zero-order valence-corrected chi connectivity index (χ0v) is 9.77. The Labute approximate surface area is 106 Å². The predicted molar refractivity (Wildman–Crippen MR) is 56.6 cm³/mol. The van der Waals surface area contributed by atoms with Crippen LogP contribution in [0.2, 0.25) is 0 Å². The number of hydrogen-bond acceptors (Lipinski definition) is 2. The lowest BCUT2D eigenvalue weighted by Gasteiger charge is -2.07. The van der Waals surface area contributed by atoms with E-state index in [4.69, 9.17) is 0 Å². The molecule has 0 saturated heterocycles. The maximum absolute atomic E-state index is 13.2. The zero-order valence-electron chi connectivity index (χ0n) is 9.77. The van der Waals surface area contributed by atoms with Crippen molar-refractivity contribution in [1.82, 2.24) is 0 Å². The molecule has 1 aromatic carbocycles. The standard InChI is InChI=1S/C12H11F5O2/c13-10-2-1-3-11(14)9(10)6-8(18)4-5-19-7-12(15,16)17/h1-3H,4-7H2. The van der Waals surface area contributed by atoms with Crippen molar-refractivity contribution in [3.05, 3.63) is 35.4 Å². The highest BCUT2D eigenvalue weighted by Crippen LogP contribution is 2.15. The molecule has 1 aromatic rings. The average molecular weight is 282 g/mol. The lowest BCUT2D eigenvalue weighted by molar-refractivity contribution is -0.174. The minimum absolute atomic E-state index is 0.330. The molecular weight excluding hydrogens is 271 g/mol. The van der Waals surface area contributed by atoms with Gasteiger partial charge in [0.2, 0.25) is 0 Å². The van der Waals surface area contributed by atoms with Crippen LogP contribution >= 0.6 is 0 Å². The third-order valence-corrected chi connectivity index (χ3v) is 2.23. The Morgan fingerprint density at radius 3 is 2.26 bits per heavy atom. The molecule has 0 aromatic heterocycles. The van der Waals surface area contributed by atoms with Gasteiger partial charge in [-0.25, -0.2) is 8.78 Å². The van der Waals surface area contributed by atoms with Gasteiger partial charge in [-0.05, 0) is 12.1 Å². The number of carbonyl (C=O) groups excluding carboxylic acids is 1. The molecule has 1 rings (SSSR count). The van der Waals surface area contributed by atoms with Crippen LogP contribution in [-0.4, -0.2) is 25.2 Å². The van der Waals surface area contributed by atoms with Gasteiger partial charge in [-0.15, -0.1) is 0 Å². The summed E-state index contributed by atoms with van der Waals surface area (Å²) in [7, 11) is 0. The summed E-state index contributed by atoms with van der Waals surface area (Å²) in [6.07, 6.45) is -5.29. The highest BCUT2D eigenvalue weighted by molar-refractivity contribution is 5.81. The zero-order chi connectivity index (χ0) is 14.5. The van der Waals surface area contributed by atoms with Gasteiger partial charge in [-0.3, -0.25) is 4.79 Å². The Balaban J connectivity index is 2.40. The van der Waals surface area contributed by atoms with Crippen LogP contribution in [0.15, 0.2) is 18.2 Å². The molecule has 2 nitrogen and oxygen atoms in total. The number of carbonyl (C=O) groups is 1. The predicted octanol–water partition coefficient (Wildman–Crippen LogP) is 3.05. The van der Waals surface area contributed by atoms with Gasteiger partial charge in [0.05, 0.1) is 6.61 Å². The molecule has 7 heteroatoms. The third-order valence-electron chi connectivity index (χ3n) is 2.23. The molecule has 0 amide bonds. The van der Waals surface area contributed by atoms with E-state index in [1.165, 1.54) is 0 Å². The smallest absolute Gasteiger partial charge is 0.372 e. The van der Waals surface area contributed by atoms with Gasteiger partial charge in [0.15, 0.2) is 0 Å². The van der Waals surface area contributed by atoms with Crippen molar-refractivity contribution in [2.75, 3.05) is 13.2 Å². The van der Waals surface area contributed by atoms with Crippen LogP contribution in [0.4, 0.5) is 22.0 Å². The molecule has 0 radical (unpaired) electrons. The summed E-state index contributed by atoms with van der Waals surface area (Å²) < 4.78 is 65.8. The summed E-state index contributed by atoms with van der Waals surface area (Å²) in [5, 5.41) is 0. The topological polar surface area (TPSA) is 26.3 Å². The lowest BCUT2D eigenvalue weighted by Crippen LogP contribution is -2.18. The first-order valence-electron chi connectivity index (χ1n) is 5.38. The van der Waals surface area contributed by atoms with Crippen molar-refractivity contribution < 1.29 is 31.5 Å². The summed E-state index contributed by atoms with van der Waals surface area (Å²) in [5.41, 5.74) is -0.386. The highest BCUT2D eigenvalue weighted by atomic mass is 19.4. The summed E-state index contributed by atoms with van der Waals surface area (Å²) in [6.45, 7) is -1.89. The van der Waals surface area contributed by atoms with Crippen LogP contribution < -0.4 is 0 Å². The van der Waals surface area contributed by atoms with E-state index in [1.807, 2.05) is 0 Å². The summed E-state index contributed by atoms with van der Waals surface area (Å²) in [4.78, 5) is 11.3. The number of ether oxygens (including phenoxy) is 1. The maximum Gasteiger partial charge on any atom is 0.411 e.